The van der Waals surface area contributed by atoms with Crippen LogP contribution >= 0.6 is 23.4 Å². The molecule has 0 atom stereocenters. The van der Waals surface area contributed by atoms with E-state index in [9.17, 15) is 14.4 Å². The molecule has 1 aliphatic rings. The second kappa shape index (κ2) is 9.89. The maximum Gasteiger partial charge on any atom is 0.294 e. The van der Waals surface area contributed by atoms with Gasteiger partial charge in [0.1, 0.15) is 6.54 Å². The van der Waals surface area contributed by atoms with Gasteiger partial charge in [0.25, 0.3) is 11.1 Å². The fourth-order valence-electron chi connectivity index (χ4n) is 2.88. The zero-order valence-corrected chi connectivity index (χ0v) is 18.8. The van der Waals surface area contributed by atoms with Crippen molar-refractivity contribution in [1.29, 1.82) is 0 Å². The van der Waals surface area contributed by atoms with E-state index in [-0.39, 0.29) is 11.4 Å². The molecule has 3 rings (SSSR count). The fourth-order valence-corrected chi connectivity index (χ4v) is 3.99. The summed E-state index contributed by atoms with van der Waals surface area (Å²) in [6, 6.07) is 10.5. The van der Waals surface area contributed by atoms with E-state index in [1.54, 1.807) is 24.3 Å². The van der Waals surface area contributed by atoms with Crippen LogP contribution in [0, 0.1) is 6.92 Å². The van der Waals surface area contributed by atoms with Crippen LogP contribution in [0.15, 0.2) is 41.3 Å². The molecule has 2 aromatic rings. The highest BCUT2D eigenvalue weighted by atomic mass is 35.5. The molecule has 9 heteroatoms. The number of halogens is 1. The van der Waals surface area contributed by atoms with Gasteiger partial charge < -0.3 is 14.8 Å². The third kappa shape index (κ3) is 5.39. The van der Waals surface area contributed by atoms with Gasteiger partial charge >= 0.3 is 0 Å². The summed E-state index contributed by atoms with van der Waals surface area (Å²) in [5.74, 6) is -0.182. The Hall–Kier alpha value is -2.97. The van der Waals surface area contributed by atoms with E-state index >= 15 is 0 Å². The van der Waals surface area contributed by atoms with E-state index in [1.807, 2.05) is 26.0 Å². The Morgan fingerprint density at radius 2 is 1.94 bits per heavy atom. The Bertz CT molecular complexity index is 1050. The summed E-state index contributed by atoms with van der Waals surface area (Å²) in [6.07, 6.45) is 1.53. The average Bonchev–Trinajstić information content (AvgIpc) is 2.98. The molecular weight excluding hydrogens is 440 g/mol. The largest absolute Gasteiger partial charge is 0.493 e. The van der Waals surface area contributed by atoms with Gasteiger partial charge in [-0.2, -0.15) is 0 Å². The number of aryl methyl sites for hydroxylation is 1. The molecule has 0 aromatic heterocycles. The number of benzene rings is 2. The van der Waals surface area contributed by atoms with Gasteiger partial charge in [-0.15, -0.1) is 0 Å². The van der Waals surface area contributed by atoms with Gasteiger partial charge in [0.15, 0.2) is 11.5 Å². The lowest BCUT2D eigenvalue weighted by atomic mass is 10.1. The monoisotopic (exact) mass is 460 g/mol. The number of rotatable bonds is 7. The minimum atomic E-state index is -0.543. The molecule has 0 unspecified atom stereocenters. The lowest BCUT2D eigenvalue weighted by molar-refractivity contribution is -0.127. The van der Waals surface area contributed by atoms with Crippen LogP contribution in [0.2, 0.25) is 5.02 Å². The van der Waals surface area contributed by atoms with Gasteiger partial charge in [0.2, 0.25) is 5.91 Å². The topological polar surface area (TPSA) is 84.9 Å². The van der Waals surface area contributed by atoms with Gasteiger partial charge in [-0.3, -0.25) is 19.3 Å². The Morgan fingerprint density at radius 1 is 1.23 bits per heavy atom. The molecule has 0 bridgehead atoms. The molecule has 1 saturated heterocycles. The summed E-state index contributed by atoms with van der Waals surface area (Å²) in [6.45, 7) is 3.81. The Labute approximate surface area is 189 Å². The molecule has 1 heterocycles. The molecule has 3 amide bonds. The van der Waals surface area contributed by atoms with Gasteiger partial charge in [-0.25, -0.2) is 0 Å². The first-order valence-electron chi connectivity index (χ1n) is 9.44. The number of ether oxygens (including phenoxy) is 2. The van der Waals surface area contributed by atoms with E-state index in [1.165, 1.54) is 13.2 Å². The average molecular weight is 461 g/mol. The van der Waals surface area contributed by atoms with Crippen molar-refractivity contribution < 1.29 is 23.9 Å². The molecule has 0 aliphatic carbocycles. The summed E-state index contributed by atoms with van der Waals surface area (Å²) in [5, 5.41) is 2.49. The number of anilines is 1. The zero-order valence-electron chi connectivity index (χ0n) is 17.2. The number of nitrogens with zero attached hydrogens (tertiary/aromatic N) is 1. The summed E-state index contributed by atoms with van der Waals surface area (Å²) in [7, 11) is 1.48. The van der Waals surface area contributed by atoms with Crippen LogP contribution in [-0.4, -0.2) is 42.2 Å². The van der Waals surface area contributed by atoms with Crippen molar-refractivity contribution in [3.63, 3.8) is 0 Å². The molecule has 1 N–H and O–H groups in total. The number of amides is 3. The van der Waals surface area contributed by atoms with Crippen LogP contribution in [0.3, 0.4) is 0 Å². The van der Waals surface area contributed by atoms with Crippen molar-refractivity contribution in [3.05, 3.63) is 57.5 Å². The predicted molar refractivity (Wildman–Crippen MR) is 122 cm³/mol. The van der Waals surface area contributed by atoms with Crippen molar-refractivity contribution >= 4 is 52.2 Å². The quantitative estimate of drug-likeness (QED) is 0.601. The summed E-state index contributed by atoms with van der Waals surface area (Å²) in [5.41, 5.74) is 2.22. The number of hydrogen-bond donors (Lipinski definition) is 1. The van der Waals surface area contributed by atoms with E-state index in [2.05, 4.69) is 5.32 Å². The number of carbonyl (C=O) groups excluding carboxylic acids is 3. The van der Waals surface area contributed by atoms with Crippen LogP contribution in [0.1, 0.15) is 18.1 Å². The van der Waals surface area contributed by atoms with Crippen LogP contribution in [0.4, 0.5) is 10.5 Å². The highest BCUT2D eigenvalue weighted by Crippen LogP contribution is 2.38. The Balaban J connectivity index is 1.75. The first kappa shape index (κ1) is 22.7. The number of imide groups is 1. The van der Waals surface area contributed by atoms with Gasteiger partial charge in [-0.1, -0.05) is 29.3 Å². The highest BCUT2D eigenvalue weighted by Gasteiger charge is 2.36. The number of nitrogens with one attached hydrogen (secondary N) is 1. The molecule has 2 aromatic carbocycles. The number of carbonyl (C=O) groups is 3. The number of thioether (sulfide) groups is 1. The standard InChI is InChI=1S/C22H21ClN2O5S/c1-4-30-20-16(23)9-14(10-17(20)29-3)11-18-21(27)25(22(28)31-18)12-19(26)24-15-7-5-13(2)6-8-15/h5-11H,4,12H2,1-3H3,(H,24,26)/b18-11-. The minimum Gasteiger partial charge on any atom is -0.493 e. The highest BCUT2D eigenvalue weighted by molar-refractivity contribution is 8.18. The van der Waals surface area contributed by atoms with Crippen molar-refractivity contribution in [1.82, 2.24) is 4.90 Å². The molecule has 1 aliphatic heterocycles. The summed E-state index contributed by atoms with van der Waals surface area (Å²) >= 11 is 7.03. The summed E-state index contributed by atoms with van der Waals surface area (Å²) in [4.78, 5) is 38.4. The number of hydrogen-bond acceptors (Lipinski definition) is 6. The van der Waals surface area contributed by atoms with E-state index < -0.39 is 17.1 Å². The minimum absolute atomic E-state index is 0.190. The molecule has 1 fully saturated rings. The van der Waals surface area contributed by atoms with E-state index in [0.717, 1.165) is 22.2 Å². The molecule has 31 heavy (non-hydrogen) atoms. The zero-order chi connectivity index (χ0) is 22.5. The third-order valence-electron chi connectivity index (χ3n) is 4.35. The van der Waals surface area contributed by atoms with Crippen molar-refractivity contribution in [3.8, 4) is 11.5 Å². The van der Waals surface area contributed by atoms with Gasteiger partial charge in [0.05, 0.1) is 23.6 Å². The molecule has 162 valence electrons. The van der Waals surface area contributed by atoms with E-state index in [4.69, 9.17) is 21.1 Å². The molecule has 0 spiro atoms. The molecule has 0 radical (unpaired) electrons. The Morgan fingerprint density at radius 3 is 2.58 bits per heavy atom. The first-order valence-corrected chi connectivity index (χ1v) is 10.6. The molecular formula is C22H21ClN2O5S. The predicted octanol–water partition coefficient (Wildman–Crippen LogP) is 4.73. The Kier molecular flexibility index (Phi) is 7.25. The van der Waals surface area contributed by atoms with Crippen LogP contribution < -0.4 is 14.8 Å². The normalized spacial score (nSPS) is 14.8. The van der Waals surface area contributed by atoms with E-state index in [0.29, 0.717) is 34.4 Å². The lowest BCUT2D eigenvalue weighted by Gasteiger charge is -2.13. The first-order chi connectivity index (χ1) is 14.8. The van der Waals surface area contributed by atoms with Crippen molar-refractivity contribution in [2.45, 2.75) is 13.8 Å². The van der Waals surface area contributed by atoms with Crippen molar-refractivity contribution in [2.75, 3.05) is 25.6 Å². The van der Waals surface area contributed by atoms with Gasteiger partial charge in [-0.05, 0) is 61.5 Å². The molecule has 7 nitrogen and oxygen atoms in total. The molecule has 0 saturated carbocycles. The van der Waals surface area contributed by atoms with Gasteiger partial charge in [0, 0.05) is 5.69 Å². The summed E-state index contributed by atoms with van der Waals surface area (Å²) < 4.78 is 10.8. The lowest BCUT2D eigenvalue weighted by Crippen LogP contribution is -2.36. The van der Waals surface area contributed by atoms with Crippen LogP contribution in [0.25, 0.3) is 6.08 Å². The fraction of sp³-hybridized carbons (Fsp3) is 0.227. The smallest absolute Gasteiger partial charge is 0.294 e. The van der Waals surface area contributed by atoms with Crippen LogP contribution in [-0.2, 0) is 9.59 Å². The SMILES string of the molecule is CCOc1c(Cl)cc(/C=C2\SC(=O)N(CC(=O)Nc3ccc(C)cc3)C2=O)cc1OC. The maximum atomic E-state index is 12.7. The second-order valence-electron chi connectivity index (χ2n) is 6.65. The maximum absolute atomic E-state index is 12.7. The second-order valence-corrected chi connectivity index (χ2v) is 8.05. The third-order valence-corrected chi connectivity index (χ3v) is 5.54. The van der Waals surface area contributed by atoms with Crippen LogP contribution in [0.5, 0.6) is 11.5 Å². The number of methoxy groups -OCH3 is 1. The van der Waals surface area contributed by atoms with Crippen molar-refractivity contribution in [2.24, 2.45) is 0 Å².